The lowest BCUT2D eigenvalue weighted by Crippen LogP contribution is -2.23. The summed E-state index contributed by atoms with van der Waals surface area (Å²) < 4.78 is 5.69. The highest BCUT2D eigenvalue weighted by Gasteiger charge is 2.34. The van der Waals surface area contributed by atoms with Crippen LogP contribution in [0.2, 0.25) is 0 Å². The van der Waals surface area contributed by atoms with Crippen LogP contribution in [0.5, 0.6) is 11.5 Å². The van der Waals surface area contributed by atoms with Gasteiger partial charge in [0, 0.05) is 5.56 Å². The summed E-state index contributed by atoms with van der Waals surface area (Å²) in [5.41, 5.74) is 9.52. The Bertz CT molecular complexity index is 963. The van der Waals surface area contributed by atoms with E-state index in [1.807, 2.05) is 36.4 Å². The summed E-state index contributed by atoms with van der Waals surface area (Å²) in [6.45, 7) is 12.5. The topological polar surface area (TPSA) is 79.3 Å². The van der Waals surface area contributed by atoms with Gasteiger partial charge in [0.2, 0.25) is 5.88 Å². The minimum absolute atomic E-state index is 0.133. The number of ether oxygens (including phenoxy) is 1. The molecule has 2 aromatic rings. The van der Waals surface area contributed by atoms with Crippen molar-refractivity contribution in [1.82, 2.24) is 0 Å². The van der Waals surface area contributed by atoms with Gasteiger partial charge in [0.05, 0.1) is 5.92 Å². The van der Waals surface area contributed by atoms with E-state index in [9.17, 15) is 10.4 Å². The molecule has 28 heavy (non-hydrogen) atoms. The highest BCUT2D eigenvalue weighted by molar-refractivity contribution is 5.59. The van der Waals surface area contributed by atoms with Crippen LogP contribution in [0.1, 0.15) is 69.7 Å². The third-order valence-corrected chi connectivity index (χ3v) is 5.21. The van der Waals surface area contributed by atoms with Crippen LogP contribution in [0, 0.1) is 11.3 Å². The van der Waals surface area contributed by atoms with Crippen LogP contribution in [0.25, 0.3) is 0 Å². The van der Waals surface area contributed by atoms with E-state index in [1.54, 1.807) is 0 Å². The molecule has 4 heteroatoms. The van der Waals surface area contributed by atoms with Crippen LogP contribution in [-0.4, -0.2) is 5.11 Å². The molecule has 1 aliphatic heterocycles. The van der Waals surface area contributed by atoms with Crippen LogP contribution in [0.15, 0.2) is 47.9 Å². The van der Waals surface area contributed by atoms with Gasteiger partial charge in [-0.2, -0.15) is 5.26 Å². The summed E-state index contributed by atoms with van der Waals surface area (Å²) >= 11 is 0. The van der Waals surface area contributed by atoms with Gasteiger partial charge < -0.3 is 15.6 Å². The number of benzene rings is 2. The Balaban J connectivity index is 2.36. The fraction of sp³-hybridized carbons (Fsp3) is 0.375. The van der Waals surface area contributed by atoms with Gasteiger partial charge in [-0.3, -0.25) is 0 Å². The average molecular weight is 377 g/mol. The number of hydrogen-bond donors (Lipinski definition) is 2. The molecule has 3 rings (SSSR count). The molecule has 146 valence electrons. The minimum Gasteiger partial charge on any atom is -0.507 e. The van der Waals surface area contributed by atoms with Gasteiger partial charge in [-0.1, -0.05) is 71.9 Å². The Morgan fingerprint density at radius 1 is 1.00 bits per heavy atom. The van der Waals surface area contributed by atoms with Crippen LogP contribution < -0.4 is 10.5 Å². The van der Waals surface area contributed by atoms with Crippen molar-refractivity contribution in [2.45, 2.75) is 58.3 Å². The number of phenolic OH excluding ortho intramolecular Hbond substituents is 1. The lowest BCUT2D eigenvalue weighted by molar-refractivity contribution is 0.393. The van der Waals surface area contributed by atoms with E-state index in [-0.39, 0.29) is 22.6 Å². The number of allylic oxidation sites excluding steroid dienone is 1. The molecular weight excluding hydrogens is 348 g/mol. The number of hydrogen-bond acceptors (Lipinski definition) is 4. The van der Waals surface area contributed by atoms with Crippen LogP contribution in [-0.2, 0) is 10.8 Å². The molecule has 0 saturated carbocycles. The normalized spacial score (nSPS) is 17.0. The summed E-state index contributed by atoms with van der Waals surface area (Å²) in [5.74, 6) is 0.776. The minimum atomic E-state index is -0.335. The predicted octanol–water partition coefficient (Wildman–Crippen LogP) is 5.21. The summed E-state index contributed by atoms with van der Waals surface area (Å²) in [6, 6.07) is 13.9. The van der Waals surface area contributed by atoms with Crippen molar-refractivity contribution < 1.29 is 9.84 Å². The van der Waals surface area contributed by atoms with Gasteiger partial charge in [0.1, 0.15) is 23.1 Å². The molecule has 0 bridgehead atoms. The van der Waals surface area contributed by atoms with E-state index in [1.165, 1.54) is 0 Å². The highest BCUT2D eigenvalue weighted by Crippen LogP contribution is 2.46. The van der Waals surface area contributed by atoms with Crippen molar-refractivity contribution in [3.8, 4) is 17.6 Å². The number of phenols is 1. The van der Waals surface area contributed by atoms with Crippen molar-refractivity contribution >= 4 is 0 Å². The first-order valence-electron chi connectivity index (χ1n) is 9.49. The molecule has 0 aliphatic carbocycles. The van der Waals surface area contributed by atoms with Crippen molar-refractivity contribution in [1.29, 1.82) is 5.26 Å². The number of rotatable bonds is 1. The standard InChI is InChI=1S/C24H28N2O2/c1-23(2,3)17-11-14(12-18(21(17)27)24(4,5)6)20-15-9-7-8-10-19(15)28-22(26)16(20)13-25/h7-12,20,27H,26H2,1-6H3/t20-/m0/s1. The zero-order valence-corrected chi connectivity index (χ0v) is 17.4. The monoisotopic (exact) mass is 376 g/mol. The maximum absolute atomic E-state index is 11.0. The van der Waals surface area contributed by atoms with E-state index in [2.05, 4.69) is 47.6 Å². The molecule has 1 heterocycles. The Labute approximate surface area is 167 Å². The zero-order chi connectivity index (χ0) is 20.9. The first-order chi connectivity index (χ1) is 12.9. The molecule has 0 saturated heterocycles. The van der Waals surface area contributed by atoms with Gasteiger partial charge in [0.15, 0.2) is 0 Å². The van der Waals surface area contributed by atoms with E-state index in [0.717, 1.165) is 22.3 Å². The van der Waals surface area contributed by atoms with E-state index in [4.69, 9.17) is 10.5 Å². The number of para-hydroxylation sites is 1. The van der Waals surface area contributed by atoms with E-state index >= 15 is 0 Å². The van der Waals surface area contributed by atoms with Gasteiger partial charge in [0.25, 0.3) is 0 Å². The predicted molar refractivity (Wildman–Crippen MR) is 111 cm³/mol. The van der Waals surface area contributed by atoms with Crippen molar-refractivity contribution in [2.24, 2.45) is 5.73 Å². The fourth-order valence-electron chi connectivity index (χ4n) is 3.72. The average Bonchev–Trinajstić information content (AvgIpc) is 2.58. The molecule has 0 fully saturated rings. The van der Waals surface area contributed by atoms with Gasteiger partial charge in [-0.05, 0) is 33.6 Å². The maximum Gasteiger partial charge on any atom is 0.205 e. The van der Waals surface area contributed by atoms with Crippen LogP contribution in [0.3, 0.4) is 0 Å². The first kappa shape index (κ1) is 19.8. The zero-order valence-electron chi connectivity index (χ0n) is 17.4. The van der Waals surface area contributed by atoms with E-state index < -0.39 is 0 Å². The number of nitrogens with zero attached hydrogens (tertiary/aromatic N) is 1. The molecule has 0 spiro atoms. The molecule has 1 aliphatic rings. The Morgan fingerprint density at radius 2 is 1.54 bits per heavy atom. The number of nitriles is 1. The summed E-state index contributed by atoms with van der Waals surface area (Å²) in [7, 11) is 0. The fourth-order valence-corrected chi connectivity index (χ4v) is 3.72. The molecule has 0 unspecified atom stereocenters. The second kappa shape index (κ2) is 6.60. The maximum atomic E-state index is 11.0. The second-order valence-electron chi connectivity index (χ2n) is 9.43. The lowest BCUT2D eigenvalue weighted by atomic mass is 9.74. The molecule has 4 nitrogen and oxygen atoms in total. The third kappa shape index (κ3) is 3.33. The van der Waals surface area contributed by atoms with Gasteiger partial charge in [-0.25, -0.2) is 0 Å². The number of fused-ring (bicyclic) bond motifs is 1. The Morgan fingerprint density at radius 3 is 2.04 bits per heavy atom. The number of nitrogens with two attached hydrogens (primary N) is 1. The molecule has 2 aromatic carbocycles. The Hall–Kier alpha value is -2.93. The molecular formula is C24H28N2O2. The Kier molecular flexibility index (Phi) is 4.67. The van der Waals surface area contributed by atoms with Crippen LogP contribution >= 0.6 is 0 Å². The smallest absolute Gasteiger partial charge is 0.205 e. The SMILES string of the molecule is CC(C)(C)c1cc([C@@H]2C(C#N)=C(N)Oc3ccccc32)cc(C(C)(C)C)c1O. The van der Waals surface area contributed by atoms with Crippen molar-refractivity contribution in [3.05, 3.63) is 70.1 Å². The molecule has 0 aromatic heterocycles. The quantitative estimate of drug-likeness (QED) is 0.716. The first-order valence-corrected chi connectivity index (χ1v) is 9.49. The van der Waals surface area contributed by atoms with Crippen LogP contribution in [0.4, 0.5) is 0 Å². The summed E-state index contributed by atoms with van der Waals surface area (Å²) in [5, 5.41) is 20.8. The lowest BCUT2D eigenvalue weighted by Gasteiger charge is -2.31. The van der Waals surface area contributed by atoms with Crippen molar-refractivity contribution in [2.75, 3.05) is 0 Å². The summed E-state index contributed by atoms with van der Waals surface area (Å²) in [4.78, 5) is 0. The summed E-state index contributed by atoms with van der Waals surface area (Å²) in [6.07, 6.45) is 0. The molecule has 3 N–H and O–H groups in total. The second-order valence-corrected chi connectivity index (χ2v) is 9.43. The van der Waals surface area contributed by atoms with E-state index in [0.29, 0.717) is 17.1 Å². The largest absolute Gasteiger partial charge is 0.507 e. The molecule has 1 atom stereocenters. The molecule has 0 amide bonds. The molecule has 0 radical (unpaired) electrons. The van der Waals surface area contributed by atoms with Crippen molar-refractivity contribution in [3.63, 3.8) is 0 Å². The number of aromatic hydroxyl groups is 1. The highest BCUT2D eigenvalue weighted by atomic mass is 16.5. The van der Waals surface area contributed by atoms with Gasteiger partial charge >= 0.3 is 0 Å². The van der Waals surface area contributed by atoms with Gasteiger partial charge in [-0.15, -0.1) is 0 Å². The third-order valence-electron chi connectivity index (χ3n) is 5.21.